The van der Waals surface area contributed by atoms with Crippen LogP contribution < -0.4 is 20.1 Å². The van der Waals surface area contributed by atoms with E-state index in [1.54, 1.807) is 24.3 Å². The number of nitrogens with one attached hydrogen (secondary N) is 2. The molecule has 3 aromatic rings. The highest BCUT2D eigenvalue weighted by molar-refractivity contribution is 6.09. The monoisotopic (exact) mass is 406 g/mol. The number of carbonyl (C=O) groups is 2. The molecule has 0 aromatic heterocycles. The Morgan fingerprint density at radius 2 is 1.80 bits per heavy atom. The molecule has 0 saturated carbocycles. The summed E-state index contributed by atoms with van der Waals surface area (Å²) in [6, 6.07) is 17.2. The van der Waals surface area contributed by atoms with E-state index in [0.29, 0.717) is 17.9 Å². The Morgan fingerprint density at radius 1 is 1.03 bits per heavy atom. The zero-order valence-electron chi connectivity index (χ0n) is 16.1. The molecular weight excluding hydrogens is 387 g/mol. The standard InChI is InChI=1S/C23H19FN2O4/c1-29-16-9-6-14(7-10-16)22(27)25-19-12-15(24)8-11-18(19)23(28)26-20-13-30-21-5-3-2-4-17(20)21/h2-12,20H,13H2,1H3,(H,25,27)(H,26,28). The van der Waals surface area contributed by atoms with Crippen LogP contribution in [0.1, 0.15) is 32.3 Å². The number of methoxy groups -OCH3 is 1. The van der Waals surface area contributed by atoms with E-state index < -0.39 is 17.6 Å². The number of ether oxygens (including phenoxy) is 2. The third kappa shape index (κ3) is 3.96. The lowest BCUT2D eigenvalue weighted by atomic mass is 10.1. The van der Waals surface area contributed by atoms with Crippen molar-refractivity contribution in [2.24, 2.45) is 0 Å². The second-order valence-corrected chi connectivity index (χ2v) is 6.75. The zero-order chi connectivity index (χ0) is 21.1. The molecule has 0 spiro atoms. The van der Waals surface area contributed by atoms with Crippen LogP contribution in [0.4, 0.5) is 10.1 Å². The lowest BCUT2D eigenvalue weighted by molar-refractivity contribution is 0.0931. The molecule has 0 aliphatic carbocycles. The fourth-order valence-corrected chi connectivity index (χ4v) is 3.27. The van der Waals surface area contributed by atoms with Crippen molar-refractivity contribution in [1.29, 1.82) is 0 Å². The van der Waals surface area contributed by atoms with Crippen molar-refractivity contribution < 1.29 is 23.5 Å². The molecule has 3 aromatic carbocycles. The van der Waals surface area contributed by atoms with Crippen LogP contribution >= 0.6 is 0 Å². The first-order valence-electron chi connectivity index (χ1n) is 9.32. The summed E-state index contributed by atoms with van der Waals surface area (Å²) in [5.74, 6) is -0.144. The first-order valence-corrected chi connectivity index (χ1v) is 9.32. The molecule has 7 heteroatoms. The van der Waals surface area contributed by atoms with Crippen molar-refractivity contribution >= 4 is 17.5 Å². The molecule has 0 radical (unpaired) electrons. The molecule has 2 N–H and O–H groups in total. The molecule has 1 atom stereocenters. The second-order valence-electron chi connectivity index (χ2n) is 6.75. The Hall–Kier alpha value is -3.87. The van der Waals surface area contributed by atoms with Gasteiger partial charge in [0.05, 0.1) is 24.4 Å². The second kappa shape index (κ2) is 8.24. The summed E-state index contributed by atoms with van der Waals surface area (Å²) < 4.78 is 24.5. The highest BCUT2D eigenvalue weighted by Gasteiger charge is 2.26. The van der Waals surface area contributed by atoms with Crippen LogP contribution in [0.3, 0.4) is 0 Å². The molecule has 1 aliphatic rings. The maximum atomic E-state index is 13.8. The van der Waals surface area contributed by atoms with Crippen molar-refractivity contribution in [3.63, 3.8) is 0 Å². The van der Waals surface area contributed by atoms with Crippen molar-refractivity contribution in [3.8, 4) is 11.5 Å². The molecule has 30 heavy (non-hydrogen) atoms. The maximum Gasteiger partial charge on any atom is 0.255 e. The molecule has 1 unspecified atom stereocenters. The predicted octanol–water partition coefficient (Wildman–Crippen LogP) is 3.95. The summed E-state index contributed by atoms with van der Waals surface area (Å²) in [7, 11) is 1.53. The van der Waals surface area contributed by atoms with Crippen molar-refractivity contribution in [2.45, 2.75) is 6.04 Å². The number of carbonyl (C=O) groups excluding carboxylic acids is 2. The van der Waals surface area contributed by atoms with E-state index in [1.807, 2.05) is 24.3 Å². The highest BCUT2D eigenvalue weighted by Crippen LogP contribution is 2.32. The number of halogens is 1. The Bertz CT molecular complexity index is 1100. The van der Waals surface area contributed by atoms with E-state index >= 15 is 0 Å². The summed E-state index contributed by atoms with van der Waals surface area (Å²) in [5.41, 5.74) is 1.46. The molecule has 6 nitrogen and oxygen atoms in total. The first kappa shape index (κ1) is 19.4. The summed E-state index contributed by atoms with van der Waals surface area (Å²) in [5, 5.41) is 5.50. The number of benzene rings is 3. The average molecular weight is 406 g/mol. The molecule has 0 bridgehead atoms. The van der Waals surface area contributed by atoms with Crippen LogP contribution in [0, 0.1) is 5.82 Å². The number of para-hydroxylation sites is 1. The van der Waals surface area contributed by atoms with Gasteiger partial charge in [-0.1, -0.05) is 18.2 Å². The third-order valence-electron chi connectivity index (χ3n) is 4.83. The minimum absolute atomic E-state index is 0.0838. The smallest absolute Gasteiger partial charge is 0.255 e. The predicted molar refractivity (Wildman–Crippen MR) is 109 cm³/mol. The van der Waals surface area contributed by atoms with Gasteiger partial charge in [0.1, 0.15) is 23.9 Å². The van der Waals surface area contributed by atoms with Crippen molar-refractivity contribution in [2.75, 3.05) is 19.0 Å². The Balaban J connectivity index is 1.54. The van der Waals surface area contributed by atoms with Crippen LogP contribution in [0.15, 0.2) is 66.7 Å². The van der Waals surface area contributed by atoms with Crippen LogP contribution in [0.5, 0.6) is 11.5 Å². The van der Waals surface area contributed by atoms with Gasteiger partial charge in [-0.05, 0) is 48.5 Å². The van der Waals surface area contributed by atoms with Crippen LogP contribution in [0.2, 0.25) is 0 Å². The van der Waals surface area contributed by atoms with Crippen molar-refractivity contribution in [1.82, 2.24) is 5.32 Å². The number of rotatable bonds is 5. The van der Waals surface area contributed by atoms with E-state index in [0.717, 1.165) is 17.4 Å². The van der Waals surface area contributed by atoms with Gasteiger partial charge in [0.25, 0.3) is 11.8 Å². The van der Waals surface area contributed by atoms with E-state index in [2.05, 4.69) is 10.6 Å². The highest BCUT2D eigenvalue weighted by atomic mass is 19.1. The molecule has 0 fully saturated rings. The quantitative estimate of drug-likeness (QED) is 0.673. The molecule has 1 aliphatic heterocycles. The first-order chi connectivity index (χ1) is 14.5. The molecule has 2 amide bonds. The zero-order valence-corrected chi connectivity index (χ0v) is 16.1. The van der Waals surface area contributed by atoms with Gasteiger partial charge in [-0.25, -0.2) is 4.39 Å². The topological polar surface area (TPSA) is 76.7 Å². The molecular formula is C23H19FN2O4. The Morgan fingerprint density at radius 3 is 2.57 bits per heavy atom. The van der Waals surface area contributed by atoms with Gasteiger partial charge in [-0.2, -0.15) is 0 Å². The maximum absolute atomic E-state index is 13.8. The summed E-state index contributed by atoms with van der Waals surface area (Å²) in [6.45, 7) is 0.305. The normalized spacial score (nSPS) is 14.4. The molecule has 152 valence electrons. The van der Waals surface area contributed by atoms with Crippen molar-refractivity contribution in [3.05, 3.63) is 89.2 Å². The Kier molecular flexibility index (Phi) is 5.34. The Labute approximate surface area is 172 Å². The summed E-state index contributed by atoms with van der Waals surface area (Å²) >= 11 is 0. The average Bonchev–Trinajstić information content (AvgIpc) is 3.16. The van der Waals surface area contributed by atoms with Crippen LogP contribution in [-0.4, -0.2) is 25.5 Å². The molecule has 4 rings (SSSR count). The van der Waals surface area contributed by atoms with Gasteiger partial charge >= 0.3 is 0 Å². The van der Waals surface area contributed by atoms with Gasteiger partial charge in [0.2, 0.25) is 0 Å². The van der Waals surface area contributed by atoms with E-state index in [1.165, 1.54) is 19.2 Å². The van der Waals surface area contributed by atoms with E-state index in [-0.39, 0.29) is 17.3 Å². The lowest BCUT2D eigenvalue weighted by Gasteiger charge is -2.15. The van der Waals surface area contributed by atoms with Gasteiger partial charge in [0, 0.05) is 11.1 Å². The largest absolute Gasteiger partial charge is 0.497 e. The fourth-order valence-electron chi connectivity index (χ4n) is 3.27. The summed E-state index contributed by atoms with van der Waals surface area (Å²) in [4.78, 5) is 25.5. The molecule has 0 saturated heterocycles. The van der Waals surface area contributed by atoms with Gasteiger partial charge < -0.3 is 20.1 Å². The van der Waals surface area contributed by atoms with Crippen LogP contribution in [-0.2, 0) is 0 Å². The summed E-state index contributed by atoms with van der Waals surface area (Å²) in [6.07, 6.45) is 0. The van der Waals surface area contributed by atoms with E-state index in [9.17, 15) is 14.0 Å². The fraction of sp³-hybridized carbons (Fsp3) is 0.130. The minimum Gasteiger partial charge on any atom is -0.497 e. The number of hydrogen-bond donors (Lipinski definition) is 2. The minimum atomic E-state index is -0.564. The lowest BCUT2D eigenvalue weighted by Crippen LogP contribution is -2.30. The SMILES string of the molecule is COc1ccc(C(=O)Nc2cc(F)ccc2C(=O)NC2COc3ccccc32)cc1. The van der Waals surface area contributed by atoms with Gasteiger partial charge in [-0.15, -0.1) is 0 Å². The number of amides is 2. The van der Waals surface area contributed by atoms with Crippen LogP contribution in [0.25, 0.3) is 0 Å². The number of hydrogen-bond acceptors (Lipinski definition) is 4. The van der Waals surface area contributed by atoms with E-state index in [4.69, 9.17) is 9.47 Å². The molecule has 1 heterocycles. The number of fused-ring (bicyclic) bond motifs is 1. The third-order valence-corrected chi connectivity index (χ3v) is 4.83. The number of anilines is 1. The van der Waals surface area contributed by atoms with Gasteiger partial charge in [-0.3, -0.25) is 9.59 Å². The van der Waals surface area contributed by atoms with Gasteiger partial charge in [0.15, 0.2) is 0 Å².